The van der Waals surface area contributed by atoms with Crippen LogP contribution in [0.2, 0.25) is 0 Å². The summed E-state index contributed by atoms with van der Waals surface area (Å²) >= 11 is 0. The zero-order valence-electron chi connectivity index (χ0n) is 32.6. The molecule has 60 heavy (non-hydrogen) atoms. The van der Waals surface area contributed by atoms with Gasteiger partial charge in [-0.1, -0.05) is 194 Å². The van der Waals surface area contributed by atoms with Crippen LogP contribution in [0.3, 0.4) is 0 Å². The summed E-state index contributed by atoms with van der Waals surface area (Å²) in [5.41, 5.74) is 15.8. The minimum atomic E-state index is -0.464. The predicted molar refractivity (Wildman–Crippen MR) is 246 cm³/mol. The van der Waals surface area contributed by atoms with Crippen molar-refractivity contribution in [2.75, 3.05) is 0 Å². The second-order valence-corrected chi connectivity index (χ2v) is 15.7. The molecule has 1 aliphatic carbocycles. The maximum atomic E-state index is 6.41. The van der Waals surface area contributed by atoms with Crippen LogP contribution < -0.4 is 0 Å². The highest BCUT2D eigenvalue weighted by molar-refractivity contribution is 6.09. The van der Waals surface area contributed by atoms with Crippen LogP contribution in [-0.2, 0) is 5.41 Å². The monoisotopic (exact) mass is 764 g/mol. The van der Waals surface area contributed by atoms with Crippen molar-refractivity contribution in [3.63, 3.8) is 0 Å². The normalized spacial score (nSPS) is 12.8. The van der Waals surface area contributed by atoms with Crippen LogP contribution in [-0.4, -0.2) is 9.97 Å². The summed E-state index contributed by atoms with van der Waals surface area (Å²) in [4.78, 5) is 10.6. The fourth-order valence-corrected chi connectivity index (χ4v) is 9.60. The smallest absolute Gasteiger partial charge is 0.160 e. The highest BCUT2D eigenvalue weighted by atomic mass is 16.3. The number of benzene rings is 9. The van der Waals surface area contributed by atoms with E-state index in [1.54, 1.807) is 0 Å². The van der Waals surface area contributed by atoms with Gasteiger partial charge in [0.25, 0.3) is 0 Å². The van der Waals surface area contributed by atoms with Crippen LogP contribution in [0.1, 0.15) is 22.3 Å². The lowest BCUT2D eigenvalue weighted by atomic mass is 9.67. The molecule has 2 heterocycles. The van der Waals surface area contributed by atoms with Crippen LogP contribution in [0.25, 0.3) is 88.9 Å². The summed E-state index contributed by atoms with van der Waals surface area (Å²) in [7, 11) is 0. The first-order valence-electron chi connectivity index (χ1n) is 20.5. The van der Waals surface area contributed by atoms with Crippen LogP contribution >= 0.6 is 0 Å². The lowest BCUT2D eigenvalue weighted by Gasteiger charge is -2.33. The van der Waals surface area contributed by atoms with Crippen molar-refractivity contribution in [2.45, 2.75) is 5.41 Å². The number of fused-ring (bicyclic) bond motifs is 7. The molecule has 12 rings (SSSR count). The average Bonchev–Trinajstić information content (AvgIpc) is 3.86. The quantitative estimate of drug-likeness (QED) is 0.169. The lowest BCUT2D eigenvalue weighted by Crippen LogP contribution is -2.28. The van der Waals surface area contributed by atoms with Gasteiger partial charge >= 0.3 is 0 Å². The third-order valence-electron chi connectivity index (χ3n) is 12.4. The number of rotatable bonds is 6. The zero-order chi connectivity index (χ0) is 39.6. The Kier molecular flexibility index (Phi) is 7.76. The molecule has 0 radical (unpaired) electrons. The molecule has 0 aliphatic heterocycles. The largest absolute Gasteiger partial charge is 0.455 e. The Balaban J connectivity index is 1.03. The molecular weight excluding hydrogens is 729 g/mol. The lowest BCUT2D eigenvalue weighted by molar-refractivity contribution is 0.670. The van der Waals surface area contributed by atoms with Crippen molar-refractivity contribution >= 4 is 32.7 Å². The Morgan fingerprint density at radius 3 is 1.73 bits per heavy atom. The molecule has 11 aromatic rings. The standard InChI is InChI=1S/C57H36N2O/c1-3-16-43(17-4-1)57(44-18-5-2-6-19-44)50-24-11-9-20-46(50)49-35-41(32-33-51(49)57)53-36-52(58-56(59-53)42-31-26-37-14-7-8-15-40(37)34-42)39-29-27-38(28-30-39)45-22-13-23-48-47-21-10-12-25-54(47)60-55(45)48/h1-36H. The van der Waals surface area contributed by atoms with E-state index >= 15 is 0 Å². The summed E-state index contributed by atoms with van der Waals surface area (Å²) in [6, 6.07) is 78.0. The Hall–Kier alpha value is -7.88. The van der Waals surface area contributed by atoms with Crippen LogP contribution in [0, 0.1) is 0 Å². The molecule has 280 valence electrons. The Labute approximate surface area is 347 Å². The first kappa shape index (κ1) is 34.2. The van der Waals surface area contributed by atoms with Crippen molar-refractivity contribution in [3.8, 4) is 56.2 Å². The van der Waals surface area contributed by atoms with E-state index in [2.05, 4.69) is 206 Å². The van der Waals surface area contributed by atoms with Gasteiger partial charge in [-0.15, -0.1) is 0 Å². The van der Waals surface area contributed by atoms with Crippen molar-refractivity contribution in [2.24, 2.45) is 0 Å². The fourth-order valence-electron chi connectivity index (χ4n) is 9.60. The molecule has 0 atom stereocenters. The number of para-hydroxylation sites is 2. The number of hydrogen-bond donors (Lipinski definition) is 0. The number of nitrogens with zero attached hydrogens (tertiary/aromatic N) is 2. The second kappa shape index (κ2) is 13.6. The van der Waals surface area contributed by atoms with Gasteiger partial charge in [0.15, 0.2) is 5.82 Å². The van der Waals surface area contributed by atoms with Gasteiger partial charge in [0.05, 0.1) is 16.8 Å². The van der Waals surface area contributed by atoms with Gasteiger partial charge in [-0.25, -0.2) is 9.97 Å². The van der Waals surface area contributed by atoms with E-state index in [4.69, 9.17) is 14.4 Å². The minimum Gasteiger partial charge on any atom is -0.455 e. The van der Waals surface area contributed by atoms with Crippen LogP contribution in [0.4, 0.5) is 0 Å². The molecule has 3 nitrogen and oxygen atoms in total. The van der Waals surface area contributed by atoms with Gasteiger partial charge in [-0.05, 0) is 74.0 Å². The van der Waals surface area contributed by atoms with Gasteiger partial charge in [0.1, 0.15) is 11.2 Å². The molecule has 9 aromatic carbocycles. The highest BCUT2D eigenvalue weighted by Crippen LogP contribution is 2.56. The molecule has 0 bridgehead atoms. The van der Waals surface area contributed by atoms with E-state index in [0.717, 1.165) is 66.5 Å². The highest BCUT2D eigenvalue weighted by Gasteiger charge is 2.46. The van der Waals surface area contributed by atoms with Gasteiger partial charge in [-0.3, -0.25) is 0 Å². The molecule has 0 amide bonds. The predicted octanol–water partition coefficient (Wildman–Crippen LogP) is 14.6. The summed E-state index contributed by atoms with van der Waals surface area (Å²) in [6.07, 6.45) is 0. The van der Waals surface area contributed by atoms with E-state index in [1.165, 1.54) is 38.8 Å². The third-order valence-corrected chi connectivity index (χ3v) is 12.4. The van der Waals surface area contributed by atoms with E-state index in [1.807, 2.05) is 12.1 Å². The Bertz CT molecular complexity index is 3380. The zero-order valence-corrected chi connectivity index (χ0v) is 32.6. The van der Waals surface area contributed by atoms with Gasteiger partial charge in [-0.2, -0.15) is 0 Å². The van der Waals surface area contributed by atoms with E-state index in [-0.39, 0.29) is 0 Å². The summed E-state index contributed by atoms with van der Waals surface area (Å²) < 4.78 is 6.41. The SMILES string of the molecule is c1ccc(C2(c3ccccc3)c3ccccc3-c3cc(-c4cc(-c5ccc(-c6cccc7c6oc6ccccc67)cc5)nc(-c5ccc6ccccc6c5)n4)ccc32)cc1. The fraction of sp³-hybridized carbons (Fsp3) is 0.0175. The van der Waals surface area contributed by atoms with Gasteiger partial charge < -0.3 is 4.42 Å². The molecule has 0 saturated carbocycles. The molecule has 1 aliphatic rings. The third kappa shape index (κ3) is 5.30. The minimum absolute atomic E-state index is 0.464. The van der Waals surface area contributed by atoms with E-state index < -0.39 is 5.41 Å². The molecular formula is C57H36N2O. The average molecular weight is 765 g/mol. The summed E-state index contributed by atoms with van der Waals surface area (Å²) in [6.45, 7) is 0. The first-order valence-corrected chi connectivity index (χ1v) is 20.5. The van der Waals surface area contributed by atoms with Crippen molar-refractivity contribution < 1.29 is 4.42 Å². The molecule has 0 saturated heterocycles. The molecule has 0 N–H and O–H groups in total. The maximum absolute atomic E-state index is 6.41. The topological polar surface area (TPSA) is 38.9 Å². The maximum Gasteiger partial charge on any atom is 0.160 e. The van der Waals surface area contributed by atoms with Gasteiger partial charge in [0.2, 0.25) is 0 Å². The molecule has 0 spiro atoms. The summed E-state index contributed by atoms with van der Waals surface area (Å²) in [5, 5.41) is 4.59. The molecule has 3 heteroatoms. The van der Waals surface area contributed by atoms with E-state index in [9.17, 15) is 0 Å². The van der Waals surface area contributed by atoms with Crippen molar-refractivity contribution in [1.29, 1.82) is 0 Å². The van der Waals surface area contributed by atoms with Crippen LogP contribution in [0.15, 0.2) is 223 Å². The number of furan rings is 1. The molecule has 0 fully saturated rings. The van der Waals surface area contributed by atoms with Crippen molar-refractivity contribution in [3.05, 3.63) is 241 Å². The first-order chi connectivity index (χ1) is 29.7. The molecule has 2 aromatic heterocycles. The number of hydrogen-bond acceptors (Lipinski definition) is 3. The molecule has 0 unspecified atom stereocenters. The Morgan fingerprint density at radius 2 is 0.933 bits per heavy atom. The van der Waals surface area contributed by atoms with Crippen molar-refractivity contribution in [1.82, 2.24) is 9.97 Å². The van der Waals surface area contributed by atoms with E-state index in [0.29, 0.717) is 5.82 Å². The van der Waals surface area contributed by atoms with Crippen LogP contribution in [0.5, 0.6) is 0 Å². The second-order valence-electron chi connectivity index (χ2n) is 15.7. The Morgan fingerprint density at radius 1 is 0.350 bits per heavy atom. The number of aromatic nitrogens is 2. The van der Waals surface area contributed by atoms with Gasteiger partial charge in [0, 0.05) is 33.0 Å². The summed E-state index contributed by atoms with van der Waals surface area (Å²) in [5.74, 6) is 0.688.